The van der Waals surface area contributed by atoms with Crippen molar-refractivity contribution in [1.29, 1.82) is 5.26 Å². The Balaban J connectivity index is 1.24. The van der Waals surface area contributed by atoms with Gasteiger partial charge in [-0.3, -0.25) is 0 Å². The molecule has 3 unspecified atom stereocenters. The van der Waals surface area contributed by atoms with E-state index in [1.807, 2.05) is 36.4 Å². The van der Waals surface area contributed by atoms with E-state index in [-0.39, 0.29) is 40.7 Å². The molecule has 6 rings (SSSR count). The highest BCUT2D eigenvalue weighted by atomic mass is 32.2. The molecule has 4 aliphatic rings. The number of rotatable bonds is 7. The van der Waals surface area contributed by atoms with Gasteiger partial charge in [-0.05, 0) is 60.8 Å². The van der Waals surface area contributed by atoms with Gasteiger partial charge in [0.2, 0.25) is 15.0 Å². The summed E-state index contributed by atoms with van der Waals surface area (Å²) in [4.78, 5) is 20.5. The highest BCUT2D eigenvalue weighted by Gasteiger charge is 2.55. The maximum atomic E-state index is 12.5. The monoisotopic (exact) mass is 495 g/mol. The summed E-state index contributed by atoms with van der Waals surface area (Å²) >= 11 is 0. The fourth-order valence-electron chi connectivity index (χ4n) is 6.58. The number of hydrogen-bond acceptors (Lipinski definition) is 8. The molecule has 2 aromatic rings. The normalized spacial score (nSPS) is 28.8. The van der Waals surface area contributed by atoms with Gasteiger partial charge in [-0.2, -0.15) is 10.2 Å². The lowest BCUT2D eigenvalue weighted by Gasteiger charge is -2.60. The number of nitriles is 1. The molecule has 2 N–H and O–H groups in total. The number of hydrogen-bond donors (Lipinski definition) is 2. The Labute approximate surface area is 205 Å². The van der Waals surface area contributed by atoms with Gasteiger partial charge in [-0.15, -0.1) is 0 Å². The minimum Gasteiger partial charge on any atom is -0.445 e. The molecular formula is C25H29N5O4S. The van der Waals surface area contributed by atoms with E-state index >= 15 is 0 Å². The van der Waals surface area contributed by atoms with E-state index in [0.29, 0.717) is 24.3 Å². The largest absolute Gasteiger partial charge is 0.445 e. The first-order valence-electron chi connectivity index (χ1n) is 11.9. The number of nitrogens with zero attached hydrogens (tertiary/aromatic N) is 3. The highest BCUT2D eigenvalue weighted by molar-refractivity contribution is 7.90. The van der Waals surface area contributed by atoms with E-state index in [9.17, 15) is 18.5 Å². The first-order chi connectivity index (χ1) is 16.7. The molecule has 1 heterocycles. The molecule has 0 saturated heterocycles. The first kappa shape index (κ1) is 23.5. The van der Waals surface area contributed by atoms with Crippen molar-refractivity contribution in [3.63, 3.8) is 0 Å². The quantitative estimate of drug-likeness (QED) is 0.559. The maximum Gasteiger partial charge on any atom is 0.407 e. The van der Waals surface area contributed by atoms with Crippen LogP contribution >= 0.6 is 0 Å². The molecule has 4 aliphatic carbocycles. The van der Waals surface area contributed by atoms with Gasteiger partial charge in [-0.25, -0.2) is 18.2 Å². The van der Waals surface area contributed by atoms with Gasteiger partial charge < -0.3 is 15.4 Å². The van der Waals surface area contributed by atoms with Crippen molar-refractivity contribution in [2.45, 2.75) is 49.9 Å². The number of carbonyl (C=O) groups is 1. The third-order valence-electron chi connectivity index (χ3n) is 7.75. The highest BCUT2D eigenvalue weighted by Crippen LogP contribution is 2.60. The average molecular weight is 496 g/mol. The fraction of sp³-hybridized carbons (Fsp3) is 0.520. The van der Waals surface area contributed by atoms with Crippen LogP contribution in [0.3, 0.4) is 0 Å². The van der Waals surface area contributed by atoms with Gasteiger partial charge in [0.25, 0.3) is 0 Å². The Hall–Kier alpha value is -3.19. The number of sulfone groups is 1. The maximum absolute atomic E-state index is 12.5. The number of ether oxygens (including phenoxy) is 1. The summed E-state index contributed by atoms with van der Waals surface area (Å²) in [5.74, 6) is 1.62. The van der Waals surface area contributed by atoms with Crippen LogP contribution in [0.4, 0.5) is 10.6 Å². The zero-order chi connectivity index (χ0) is 24.6. The lowest BCUT2D eigenvalue weighted by molar-refractivity contribution is -0.0683. The van der Waals surface area contributed by atoms with Gasteiger partial charge in [0.1, 0.15) is 24.1 Å². The van der Waals surface area contributed by atoms with Crippen molar-refractivity contribution in [1.82, 2.24) is 15.3 Å². The van der Waals surface area contributed by atoms with E-state index in [1.165, 1.54) is 6.20 Å². The van der Waals surface area contributed by atoms with Crippen molar-refractivity contribution >= 4 is 21.7 Å². The zero-order valence-corrected chi connectivity index (χ0v) is 20.4. The van der Waals surface area contributed by atoms with Crippen LogP contribution in [0.25, 0.3) is 0 Å². The summed E-state index contributed by atoms with van der Waals surface area (Å²) in [6.45, 7) is 0.859. The minimum atomic E-state index is -3.58. The fourth-order valence-corrected chi connectivity index (χ4v) is 7.08. The summed E-state index contributed by atoms with van der Waals surface area (Å²) in [6, 6.07) is 11.8. The van der Waals surface area contributed by atoms with Crippen molar-refractivity contribution in [2.24, 2.45) is 23.2 Å². The second-order valence-corrected chi connectivity index (χ2v) is 12.3. The van der Waals surface area contributed by atoms with Crippen molar-refractivity contribution in [3.8, 4) is 6.07 Å². The van der Waals surface area contributed by atoms with Crippen LogP contribution in [-0.2, 0) is 21.2 Å². The number of alkyl carbamates (subject to hydrolysis) is 1. The molecule has 5 atom stereocenters. The van der Waals surface area contributed by atoms with Crippen LogP contribution < -0.4 is 10.6 Å². The average Bonchev–Trinajstić information content (AvgIpc) is 2.83. The van der Waals surface area contributed by atoms with Crippen LogP contribution in [0.2, 0.25) is 0 Å². The predicted octanol–water partition coefficient (Wildman–Crippen LogP) is 3.28. The molecule has 9 nitrogen and oxygen atoms in total. The number of benzene rings is 1. The lowest BCUT2D eigenvalue weighted by Crippen LogP contribution is -2.60. The molecule has 1 aromatic carbocycles. The van der Waals surface area contributed by atoms with Crippen molar-refractivity contribution in [3.05, 3.63) is 47.7 Å². The SMILES string of the molecule is CS(=O)(=O)c1ncc(C#N)c(NCC23CC4C[C@H](C2)C(NC(=O)OCc2ccccc2)[C@@H](C4)C3)n1. The molecule has 4 bridgehead atoms. The Morgan fingerprint density at radius 2 is 1.91 bits per heavy atom. The Bertz CT molecular complexity index is 1240. The van der Waals surface area contributed by atoms with E-state index in [2.05, 4.69) is 20.6 Å². The van der Waals surface area contributed by atoms with Crippen LogP contribution in [-0.4, -0.2) is 43.3 Å². The first-order valence-corrected chi connectivity index (χ1v) is 13.8. The number of anilines is 1. The molecule has 0 radical (unpaired) electrons. The van der Waals surface area contributed by atoms with Gasteiger partial charge in [0.05, 0.1) is 6.20 Å². The van der Waals surface area contributed by atoms with Gasteiger partial charge in [0.15, 0.2) is 0 Å². The molecule has 0 aliphatic heterocycles. The van der Waals surface area contributed by atoms with Crippen LogP contribution in [0.1, 0.15) is 43.2 Å². The Morgan fingerprint density at radius 1 is 1.20 bits per heavy atom. The van der Waals surface area contributed by atoms with Crippen LogP contribution in [0, 0.1) is 34.5 Å². The molecule has 35 heavy (non-hydrogen) atoms. The molecule has 1 amide bonds. The molecule has 4 saturated carbocycles. The summed E-state index contributed by atoms with van der Waals surface area (Å²) in [5, 5.41) is 15.6. The standard InChI is InChI=1S/C25H29N5O4S/c1-35(32,33)23-27-13-20(12-26)22(30-23)28-15-25-9-17-7-18(10-25)21(19(8-17)11-25)29-24(31)34-14-16-5-3-2-4-6-16/h2-6,13,17-19,21H,7-11,14-15H2,1H3,(H,29,31)(H,27,28,30)/t17?,18-,19+,21?,25?. The van der Waals surface area contributed by atoms with E-state index < -0.39 is 9.84 Å². The van der Waals surface area contributed by atoms with E-state index in [0.717, 1.165) is 43.9 Å². The summed E-state index contributed by atoms with van der Waals surface area (Å²) < 4.78 is 29.2. The summed E-state index contributed by atoms with van der Waals surface area (Å²) in [5.41, 5.74) is 1.21. The Kier molecular flexibility index (Phi) is 6.13. The van der Waals surface area contributed by atoms with Crippen LogP contribution in [0.15, 0.2) is 41.7 Å². The second-order valence-electron chi connectivity index (χ2n) is 10.4. The Morgan fingerprint density at radius 3 is 2.57 bits per heavy atom. The van der Waals surface area contributed by atoms with E-state index in [4.69, 9.17) is 4.74 Å². The molecule has 184 valence electrons. The third-order valence-corrected chi connectivity index (χ3v) is 8.61. The predicted molar refractivity (Wildman–Crippen MR) is 128 cm³/mol. The van der Waals surface area contributed by atoms with Gasteiger partial charge in [-0.1, -0.05) is 30.3 Å². The third kappa shape index (κ3) is 4.96. The number of nitrogens with one attached hydrogen (secondary N) is 2. The smallest absolute Gasteiger partial charge is 0.407 e. The number of carbonyl (C=O) groups excluding carboxylic acids is 1. The number of amides is 1. The molecule has 4 fully saturated rings. The number of aromatic nitrogens is 2. The van der Waals surface area contributed by atoms with E-state index in [1.54, 1.807) is 0 Å². The lowest BCUT2D eigenvalue weighted by atomic mass is 9.48. The molecule has 0 spiro atoms. The van der Waals surface area contributed by atoms with Gasteiger partial charge in [0, 0.05) is 18.8 Å². The van der Waals surface area contributed by atoms with Gasteiger partial charge >= 0.3 is 6.09 Å². The zero-order valence-electron chi connectivity index (χ0n) is 19.6. The molecule has 10 heteroatoms. The second kappa shape index (κ2) is 9.11. The minimum absolute atomic E-state index is 0.0333. The van der Waals surface area contributed by atoms with Crippen molar-refractivity contribution < 1.29 is 17.9 Å². The summed E-state index contributed by atoms with van der Waals surface area (Å²) in [6.07, 6.45) is 7.14. The molecular weight excluding hydrogens is 466 g/mol. The van der Waals surface area contributed by atoms with Crippen LogP contribution in [0.5, 0.6) is 0 Å². The van der Waals surface area contributed by atoms with Crippen molar-refractivity contribution in [2.75, 3.05) is 18.1 Å². The topological polar surface area (TPSA) is 134 Å². The molecule has 1 aromatic heterocycles. The summed E-state index contributed by atoms with van der Waals surface area (Å²) in [7, 11) is -3.58.